The van der Waals surface area contributed by atoms with E-state index in [4.69, 9.17) is 4.74 Å². The number of aromatic nitrogens is 3. The van der Waals surface area contributed by atoms with Crippen molar-refractivity contribution in [1.82, 2.24) is 19.9 Å². The Morgan fingerprint density at radius 3 is 2.55 bits per heavy atom. The normalized spacial score (nSPS) is 21.4. The molecule has 2 aliphatic heterocycles. The number of rotatable bonds is 2. The molecule has 0 unspecified atom stereocenters. The summed E-state index contributed by atoms with van der Waals surface area (Å²) in [7, 11) is 0. The second-order valence-electron chi connectivity index (χ2n) is 5.94. The van der Waals surface area contributed by atoms with Gasteiger partial charge in [0.1, 0.15) is 11.3 Å². The molecule has 116 valence electrons. The molecule has 22 heavy (non-hydrogen) atoms. The molecule has 0 radical (unpaired) electrons. The van der Waals surface area contributed by atoms with Crippen LogP contribution in [-0.2, 0) is 4.74 Å². The van der Waals surface area contributed by atoms with Crippen LogP contribution in [0.25, 0.3) is 11.2 Å². The molecule has 0 aromatic carbocycles. The molecule has 4 rings (SSSR count). The fraction of sp³-hybridized carbons (Fsp3) is 0.562. The maximum Gasteiger partial charge on any atom is 0.180 e. The number of pyridine rings is 1. The zero-order valence-corrected chi connectivity index (χ0v) is 12.7. The van der Waals surface area contributed by atoms with Crippen LogP contribution in [0.1, 0.15) is 12.8 Å². The van der Waals surface area contributed by atoms with Gasteiger partial charge in [-0.2, -0.15) is 0 Å². The number of piperidine rings is 1. The summed E-state index contributed by atoms with van der Waals surface area (Å²) in [5, 5.41) is 0. The van der Waals surface area contributed by atoms with Crippen molar-refractivity contribution in [1.29, 1.82) is 0 Å². The van der Waals surface area contributed by atoms with Gasteiger partial charge >= 0.3 is 0 Å². The lowest BCUT2D eigenvalue weighted by atomic mass is 10.0. The van der Waals surface area contributed by atoms with E-state index in [1.807, 2.05) is 6.07 Å². The van der Waals surface area contributed by atoms with Gasteiger partial charge in [0, 0.05) is 44.6 Å². The standard InChI is InChI=1S/C16H21N5O/c1-2-15(19-16-14(1)17-5-6-18-16)21-7-3-13(4-8-21)20-9-11-22-12-10-20/h1-2,5-6,13H,3-4,7-12H2. The first-order chi connectivity index (χ1) is 10.9. The van der Waals surface area contributed by atoms with Crippen LogP contribution in [0.4, 0.5) is 5.82 Å². The molecule has 2 fully saturated rings. The summed E-state index contributed by atoms with van der Waals surface area (Å²) in [5.41, 5.74) is 1.59. The van der Waals surface area contributed by atoms with Crippen LogP contribution in [0.5, 0.6) is 0 Å². The first-order valence-corrected chi connectivity index (χ1v) is 8.05. The van der Waals surface area contributed by atoms with Gasteiger partial charge in [-0.05, 0) is 25.0 Å². The molecular weight excluding hydrogens is 278 g/mol. The maximum absolute atomic E-state index is 5.45. The van der Waals surface area contributed by atoms with E-state index < -0.39 is 0 Å². The van der Waals surface area contributed by atoms with Gasteiger partial charge in [-0.3, -0.25) is 9.88 Å². The van der Waals surface area contributed by atoms with Crippen molar-refractivity contribution >= 4 is 17.0 Å². The minimum Gasteiger partial charge on any atom is -0.379 e. The van der Waals surface area contributed by atoms with Crippen molar-refractivity contribution in [3.05, 3.63) is 24.5 Å². The highest BCUT2D eigenvalue weighted by Gasteiger charge is 2.26. The second-order valence-corrected chi connectivity index (χ2v) is 5.94. The maximum atomic E-state index is 5.45. The van der Waals surface area contributed by atoms with Crippen LogP contribution in [0.2, 0.25) is 0 Å². The van der Waals surface area contributed by atoms with Gasteiger partial charge in [-0.15, -0.1) is 0 Å². The average Bonchev–Trinajstić information content (AvgIpc) is 2.62. The van der Waals surface area contributed by atoms with Gasteiger partial charge in [0.25, 0.3) is 0 Å². The number of anilines is 1. The van der Waals surface area contributed by atoms with Crippen molar-refractivity contribution < 1.29 is 4.74 Å². The van der Waals surface area contributed by atoms with Crippen molar-refractivity contribution in [2.45, 2.75) is 18.9 Å². The quantitative estimate of drug-likeness (QED) is 0.834. The van der Waals surface area contributed by atoms with E-state index in [9.17, 15) is 0 Å². The third-order valence-corrected chi connectivity index (χ3v) is 4.67. The Balaban J connectivity index is 1.43. The molecule has 2 aliphatic rings. The topological polar surface area (TPSA) is 54.4 Å². The zero-order valence-electron chi connectivity index (χ0n) is 12.7. The minimum absolute atomic E-state index is 0.695. The van der Waals surface area contributed by atoms with Gasteiger partial charge in [0.05, 0.1) is 13.2 Å². The van der Waals surface area contributed by atoms with E-state index >= 15 is 0 Å². The van der Waals surface area contributed by atoms with E-state index in [-0.39, 0.29) is 0 Å². The number of hydrogen-bond donors (Lipinski definition) is 0. The molecular formula is C16H21N5O. The Morgan fingerprint density at radius 2 is 1.73 bits per heavy atom. The van der Waals surface area contributed by atoms with Crippen molar-refractivity contribution in [3.8, 4) is 0 Å². The molecule has 4 heterocycles. The van der Waals surface area contributed by atoms with E-state index in [1.54, 1.807) is 12.4 Å². The zero-order chi connectivity index (χ0) is 14.8. The Labute approximate surface area is 130 Å². The molecule has 0 spiro atoms. The van der Waals surface area contributed by atoms with Gasteiger partial charge in [0.2, 0.25) is 0 Å². The van der Waals surface area contributed by atoms with Crippen LogP contribution in [0.15, 0.2) is 24.5 Å². The highest BCUT2D eigenvalue weighted by molar-refractivity contribution is 5.71. The molecule has 0 bridgehead atoms. The summed E-state index contributed by atoms with van der Waals surface area (Å²) in [6.07, 6.45) is 5.79. The van der Waals surface area contributed by atoms with Crippen LogP contribution in [0.3, 0.4) is 0 Å². The lowest BCUT2D eigenvalue weighted by Gasteiger charge is -2.40. The van der Waals surface area contributed by atoms with Crippen LogP contribution in [-0.4, -0.2) is 65.3 Å². The van der Waals surface area contributed by atoms with Crippen molar-refractivity contribution in [2.75, 3.05) is 44.3 Å². The summed E-state index contributed by atoms with van der Waals surface area (Å²) < 4.78 is 5.45. The highest BCUT2D eigenvalue weighted by Crippen LogP contribution is 2.22. The van der Waals surface area contributed by atoms with E-state index in [0.29, 0.717) is 6.04 Å². The molecule has 2 aromatic heterocycles. The minimum atomic E-state index is 0.695. The first-order valence-electron chi connectivity index (χ1n) is 8.05. The summed E-state index contributed by atoms with van der Waals surface area (Å²) in [5.74, 6) is 1.02. The van der Waals surface area contributed by atoms with Crippen molar-refractivity contribution in [2.24, 2.45) is 0 Å². The smallest absolute Gasteiger partial charge is 0.180 e. The highest BCUT2D eigenvalue weighted by atomic mass is 16.5. The predicted octanol–water partition coefficient (Wildman–Crippen LogP) is 1.33. The van der Waals surface area contributed by atoms with Gasteiger partial charge in [0.15, 0.2) is 5.65 Å². The third kappa shape index (κ3) is 2.76. The number of ether oxygens (including phenoxy) is 1. The van der Waals surface area contributed by atoms with Gasteiger partial charge in [-0.1, -0.05) is 0 Å². The van der Waals surface area contributed by atoms with Gasteiger partial charge < -0.3 is 9.64 Å². The lowest BCUT2D eigenvalue weighted by molar-refractivity contribution is 0.0115. The molecule has 0 aliphatic carbocycles. The fourth-order valence-corrected chi connectivity index (χ4v) is 3.42. The van der Waals surface area contributed by atoms with E-state index in [2.05, 4.69) is 30.8 Å². The van der Waals surface area contributed by atoms with E-state index in [1.165, 1.54) is 12.8 Å². The Kier molecular flexibility index (Phi) is 3.86. The summed E-state index contributed by atoms with van der Waals surface area (Å²) in [4.78, 5) is 18.2. The molecule has 0 amide bonds. The van der Waals surface area contributed by atoms with Crippen LogP contribution in [0, 0.1) is 0 Å². The summed E-state index contributed by atoms with van der Waals surface area (Å²) in [6, 6.07) is 4.77. The second kappa shape index (κ2) is 6.14. The van der Waals surface area contributed by atoms with Crippen LogP contribution < -0.4 is 4.90 Å². The molecule has 0 atom stereocenters. The summed E-state index contributed by atoms with van der Waals surface area (Å²) in [6.45, 7) is 6.03. The molecule has 0 N–H and O–H groups in total. The van der Waals surface area contributed by atoms with Gasteiger partial charge in [-0.25, -0.2) is 9.97 Å². The van der Waals surface area contributed by atoms with Crippen molar-refractivity contribution in [3.63, 3.8) is 0 Å². The molecule has 6 heteroatoms. The largest absolute Gasteiger partial charge is 0.379 e. The Hall–Kier alpha value is -1.79. The predicted molar refractivity (Wildman–Crippen MR) is 85.0 cm³/mol. The Morgan fingerprint density at radius 1 is 0.955 bits per heavy atom. The lowest BCUT2D eigenvalue weighted by Crippen LogP contribution is -2.49. The Bertz CT molecular complexity index is 635. The summed E-state index contributed by atoms with van der Waals surface area (Å²) >= 11 is 0. The third-order valence-electron chi connectivity index (χ3n) is 4.67. The SMILES string of the molecule is c1cnc2nc(N3CCC(N4CCOCC4)CC3)ccc2n1. The number of nitrogens with zero attached hydrogens (tertiary/aromatic N) is 5. The fourth-order valence-electron chi connectivity index (χ4n) is 3.42. The number of fused-ring (bicyclic) bond motifs is 1. The number of hydrogen-bond acceptors (Lipinski definition) is 6. The average molecular weight is 299 g/mol. The molecule has 0 saturated carbocycles. The van der Waals surface area contributed by atoms with Crippen LogP contribution >= 0.6 is 0 Å². The molecule has 2 aromatic rings. The van der Waals surface area contributed by atoms with E-state index in [0.717, 1.165) is 56.4 Å². The molecule has 6 nitrogen and oxygen atoms in total. The monoisotopic (exact) mass is 299 g/mol. The first kappa shape index (κ1) is 13.8. The molecule has 2 saturated heterocycles. The number of morpholine rings is 1.